The van der Waals surface area contributed by atoms with E-state index in [0.717, 1.165) is 46.9 Å². The maximum atomic E-state index is 13.1. The molecule has 2 N–H and O–H groups in total. The molecule has 3 rings (SSSR count). The first-order chi connectivity index (χ1) is 15.0. The van der Waals surface area contributed by atoms with Crippen molar-refractivity contribution in [2.24, 2.45) is 0 Å². The van der Waals surface area contributed by atoms with Gasteiger partial charge in [-0.1, -0.05) is 12.1 Å². The molecule has 2 aromatic carbocycles. The average Bonchev–Trinajstić information content (AvgIpc) is 3.22. The monoisotopic (exact) mass is 437 g/mol. The molecule has 0 aliphatic carbocycles. The molecule has 0 saturated carbocycles. The minimum absolute atomic E-state index is 0.0901. The number of nitrogens with one attached hydrogen (secondary N) is 2. The lowest BCUT2D eigenvalue weighted by molar-refractivity contribution is -0.117. The first kappa shape index (κ1) is 22.5. The molecule has 6 nitrogen and oxygen atoms in total. The number of aromatic amines is 1. The lowest BCUT2D eigenvalue weighted by atomic mass is 10.1. The van der Waals surface area contributed by atoms with Gasteiger partial charge in [-0.3, -0.25) is 14.8 Å². The van der Waals surface area contributed by atoms with Crippen molar-refractivity contribution in [3.05, 3.63) is 66.1 Å². The average molecular weight is 438 g/mol. The van der Waals surface area contributed by atoms with Gasteiger partial charge in [0, 0.05) is 16.2 Å². The zero-order chi connectivity index (χ0) is 22.1. The molecule has 8 heteroatoms. The molecule has 1 heterocycles. The first-order valence-corrected chi connectivity index (χ1v) is 10.9. The van der Waals surface area contributed by atoms with E-state index in [1.807, 2.05) is 42.3 Å². The number of hydrogen-bond donors (Lipinski definition) is 2. The Morgan fingerprint density at radius 3 is 2.81 bits per heavy atom. The number of carbonyl (C=O) groups excluding carboxylic acids is 1. The minimum atomic E-state index is -0.268. The third-order valence-electron chi connectivity index (χ3n) is 4.62. The summed E-state index contributed by atoms with van der Waals surface area (Å²) in [5.74, 6) is -0.0212. The SMILES string of the molecule is CN(CCCc1cc(-c2ccc(F)cc2)n[nH]1)CC(=O)Nc1ccccc1SCC#N. The highest BCUT2D eigenvalue weighted by molar-refractivity contribution is 7.99. The largest absolute Gasteiger partial charge is 0.324 e. The van der Waals surface area contributed by atoms with Crippen LogP contribution in [0.4, 0.5) is 10.1 Å². The molecule has 1 amide bonds. The molecule has 0 aliphatic rings. The summed E-state index contributed by atoms with van der Waals surface area (Å²) in [5.41, 5.74) is 3.38. The fraction of sp³-hybridized carbons (Fsp3) is 0.261. The number of aromatic nitrogens is 2. The molecule has 160 valence electrons. The summed E-state index contributed by atoms with van der Waals surface area (Å²) in [6, 6.07) is 17.8. The highest BCUT2D eigenvalue weighted by Gasteiger charge is 2.10. The number of halogens is 1. The van der Waals surface area contributed by atoms with Crippen molar-refractivity contribution in [1.82, 2.24) is 15.1 Å². The molecule has 31 heavy (non-hydrogen) atoms. The van der Waals surface area contributed by atoms with Gasteiger partial charge in [-0.15, -0.1) is 11.8 Å². The number of likely N-dealkylation sites (N-methyl/N-ethyl adjacent to an activating group) is 1. The van der Waals surface area contributed by atoms with Gasteiger partial charge < -0.3 is 5.32 Å². The Balaban J connectivity index is 1.43. The van der Waals surface area contributed by atoms with Crippen LogP contribution in [0.3, 0.4) is 0 Å². The lowest BCUT2D eigenvalue weighted by Crippen LogP contribution is -2.31. The Morgan fingerprint density at radius 2 is 2.03 bits per heavy atom. The van der Waals surface area contributed by atoms with Gasteiger partial charge in [0.15, 0.2) is 0 Å². The molecule has 0 saturated heterocycles. The van der Waals surface area contributed by atoms with Crippen molar-refractivity contribution in [2.45, 2.75) is 17.7 Å². The van der Waals surface area contributed by atoms with Crippen LogP contribution in [0.2, 0.25) is 0 Å². The van der Waals surface area contributed by atoms with Crippen LogP contribution in [0, 0.1) is 17.1 Å². The van der Waals surface area contributed by atoms with Gasteiger partial charge in [0.2, 0.25) is 5.91 Å². The smallest absolute Gasteiger partial charge is 0.238 e. The lowest BCUT2D eigenvalue weighted by Gasteiger charge is -2.16. The van der Waals surface area contributed by atoms with E-state index in [1.165, 1.54) is 23.9 Å². The minimum Gasteiger partial charge on any atom is -0.324 e. The summed E-state index contributed by atoms with van der Waals surface area (Å²) in [5, 5.41) is 19.0. The molecule has 0 radical (unpaired) electrons. The molecule has 0 spiro atoms. The first-order valence-electron chi connectivity index (χ1n) is 9.92. The Morgan fingerprint density at radius 1 is 1.26 bits per heavy atom. The number of amides is 1. The van der Waals surface area contributed by atoms with Crippen LogP contribution in [-0.2, 0) is 11.2 Å². The van der Waals surface area contributed by atoms with E-state index >= 15 is 0 Å². The van der Waals surface area contributed by atoms with Gasteiger partial charge in [0.05, 0.1) is 29.7 Å². The second-order valence-corrected chi connectivity index (χ2v) is 8.13. The Hall–Kier alpha value is -3.15. The number of benzene rings is 2. The Kier molecular flexibility index (Phi) is 8.21. The summed E-state index contributed by atoms with van der Waals surface area (Å²) < 4.78 is 13.1. The van der Waals surface area contributed by atoms with Gasteiger partial charge in [0.25, 0.3) is 0 Å². The third-order valence-corrected chi connectivity index (χ3v) is 5.56. The standard InChI is InChI=1S/C23H24FN5OS/c1-29(16-23(30)26-20-6-2-3-7-22(20)31-14-12-25)13-4-5-19-15-21(28-27-19)17-8-10-18(24)11-9-17/h2-3,6-11,15H,4-5,13-14,16H2,1H3,(H,26,30)(H,27,28). The quantitative estimate of drug-likeness (QED) is 0.461. The van der Waals surface area contributed by atoms with Crippen LogP contribution in [0.5, 0.6) is 0 Å². The summed E-state index contributed by atoms with van der Waals surface area (Å²) in [4.78, 5) is 15.3. The molecule has 0 atom stereocenters. The second kappa shape index (κ2) is 11.3. The number of nitrogens with zero attached hydrogens (tertiary/aromatic N) is 3. The van der Waals surface area contributed by atoms with Crippen molar-refractivity contribution in [3.8, 4) is 17.3 Å². The molecule has 0 unspecified atom stereocenters. The van der Waals surface area contributed by atoms with Crippen molar-refractivity contribution in [1.29, 1.82) is 5.26 Å². The van der Waals surface area contributed by atoms with Gasteiger partial charge in [-0.05, 0) is 68.9 Å². The van der Waals surface area contributed by atoms with E-state index in [1.54, 1.807) is 12.1 Å². The van der Waals surface area contributed by atoms with Crippen LogP contribution in [-0.4, -0.2) is 46.9 Å². The normalized spacial score (nSPS) is 10.8. The van der Waals surface area contributed by atoms with Crippen LogP contribution >= 0.6 is 11.8 Å². The molecule has 0 bridgehead atoms. The Labute approximate surface area is 185 Å². The van der Waals surface area contributed by atoms with Crippen molar-refractivity contribution >= 4 is 23.4 Å². The number of aryl methyl sites for hydroxylation is 1. The highest BCUT2D eigenvalue weighted by Crippen LogP contribution is 2.26. The molecule has 3 aromatic rings. The van der Waals surface area contributed by atoms with Gasteiger partial charge in [0.1, 0.15) is 5.82 Å². The molecular formula is C23H24FN5OS. The number of H-pyrrole nitrogens is 1. The molecule has 0 aliphatic heterocycles. The van der Waals surface area contributed by atoms with Gasteiger partial charge in [-0.25, -0.2) is 4.39 Å². The predicted molar refractivity (Wildman–Crippen MR) is 121 cm³/mol. The van der Waals surface area contributed by atoms with Crippen LogP contribution < -0.4 is 5.32 Å². The molecule has 1 aromatic heterocycles. The second-order valence-electron chi connectivity index (χ2n) is 7.12. The topological polar surface area (TPSA) is 84.8 Å². The van der Waals surface area contributed by atoms with E-state index in [-0.39, 0.29) is 18.3 Å². The third kappa shape index (κ3) is 6.95. The summed E-state index contributed by atoms with van der Waals surface area (Å²) in [6.45, 7) is 1.03. The van der Waals surface area contributed by atoms with E-state index in [9.17, 15) is 9.18 Å². The van der Waals surface area contributed by atoms with Crippen LogP contribution in [0.25, 0.3) is 11.3 Å². The maximum Gasteiger partial charge on any atom is 0.238 e. The van der Waals surface area contributed by atoms with Crippen molar-refractivity contribution in [2.75, 3.05) is 31.2 Å². The van der Waals surface area contributed by atoms with Crippen molar-refractivity contribution in [3.63, 3.8) is 0 Å². The van der Waals surface area contributed by atoms with Crippen LogP contribution in [0.15, 0.2) is 59.5 Å². The number of nitriles is 1. The zero-order valence-corrected chi connectivity index (χ0v) is 18.1. The van der Waals surface area contributed by atoms with E-state index in [2.05, 4.69) is 21.6 Å². The van der Waals surface area contributed by atoms with E-state index in [4.69, 9.17) is 5.26 Å². The number of hydrogen-bond acceptors (Lipinski definition) is 5. The fourth-order valence-electron chi connectivity index (χ4n) is 3.12. The number of anilines is 1. The summed E-state index contributed by atoms with van der Waals surface area (Å²) in [6.07, 6.45) is 1.66. The molecular weight excluding hydrogens is 413 g/mol. The number of rotatable bonds is 10. The summed E-state index contributed by atoms with van der Waals surface area (Å²) in [7, 11) is 1.91. The van der Waals surface area contributed by atoms with Gasteiger partial charge >= 0.3 is 0 Å². The van der Waals surface area contributed by atoms with E-state index < -0.39 is 0 Å². The Bertz CT molecular complexity index is 1040. The predicted octanol–water partition coefficient (Wildman–Crippen LogP) is 4.33. The number of thioether (sulfide) groups is 1. The van der Waals surface area contributed by atoms with Gasteiger partial charge in [-0.2, -0.15) is 10.4 Å². The maximum absolute atomic E-state index is 13.1. The fourth-order valence-corrected chi connectivity index (χ4v) is 3.79. The highest BCUT2D eigenvalue weighted by atomic mass is 32.2. The van der Waals surface area contributed by atoms with Crippen molar-refractivity contribution < 1.29 is 9.18 Å². The number of carbonyl (C=O) groups is 1. The summed E-state index contributed by atoms with van der Waals surface area (Å²) >= 11 is 1.40. The van der Waals surface area contributed by atoms with Crippen LogP contribution in [0.1, 0.15) is 12.1 Å². The number of para-hydroxylation sites is 1. The zero-order valence-electron chi connectivity index (χ0n) is 17.3. The molecule has 0 fully saturated rings. The van der Waals surface area contributed by atoms with E-state index in [0.29, 0.717) is 5.75 Å².